The van der Waals surface area contributed by atoms with Crippen LogP contribution in [0.25, 0.3) is 86.6 Å². The van der Waals surface area contributed by atoms with Gasteiger partial charge in [0.2, 0.25) is 5.95 Å². The summed E-state index contributed by atoms with van der Waals surface area (Å²) in [5, 5.41) is 6.25. The maximum atomic E-state index is 6.39. The van der Waals surface area contributed by atoms with E-state index < -0.39 is 0 Å². The number of hydrogen-bond acceptors (Lipinski definition) is 8. The number of thiophene rings is 1. The van der Waals surface area contributed by atoms with E-state index in [1.165, 1.54) is 0 Å². The maximum Gasteiger partial charge on any atom is 0.235 e. The van der Waals surface area contributed by atoms with Gasteiger partial charge < -0.3 is 8.83 Å². The molecule has 7 nitrogen and oxygen atoms in total. The predicted molar refractivity (Wildman–Crippen MR) is 268 cm³/mol. The topological polar surface area (TPSA) is 71.4 Å². The molecule has 0 N–H and O–H groups in total. The highest BCUT2D eigenvalue weighted by molar-refractivity contribution is 7.25. The molecule has 65 heavy (non-hydrogen) atoms. The zero-order valence-electron chi connectivity index (χ0n) is 34.7. The molecule has 0 unspecified atom stereocenters. The number of benzene rings is 8. The van der Waals surface area contributed by atoms with Gasteiger partial charge in [0.05, 0.1) is 11.4 Å². The molecule has 0 radical (unpaired) electrons. The normalized spacial score (nSPS) is 11.7. The first kappa shape index (κ1) is 37.0. The van der Waals surface area contributed by atoms with Crippen LogP contribution in [0, 0.1) is 0 Å². The molecule has 306 valence electrons. The van der Waals surface area contributed by atoms with E-state index in [4.69, 9.17) is 23.8 Å². The van der Waals surface area contributed by atoms with Crippen LogP contribution in [0.2, 0.25) is 0 Å². The fourth-order valence-electron chi connectivity index (χ4n) is 9.03. The Bertz CT molecular complexity index is 3640. The van der Waals surface area contributed by atoms with Crippen LogP contribution in [0.4, 0.5) is 34.5 Å². The van der Waals surface area contributed by atoms with E-state index in [9.17, 15) is 0 Å². The maximum absolute atomic E-state index is 6.39. The smallest absolute Gasteiger partial charge is 0.235 e. The average Bonchev–Trinajstić information content (AvgIpc) is 4.05. The highest BCUT2D eigenvalue weighted by Gasteiger charge is 2.22. The summed E-state index contributed by atoms with van der Waals surface area (Å²) in [6.07, 6.45) is 1.93. The molecule has 0 bridgehead atoms. The Morgan fingerprint density at radius 3 is 1.37 bits per heavy atom. The molecule has 5 aromatic heterocycles. The quantitative estimate of drug-likeness (QED) is 0.151. The first-order valence-electron chi connectivity index (χ1n) is 21.5. The Balaban J connectivity index is 0.929. The molecular formula is C57H35N5O2S. The van der Waals surface area contributed by atoms with E-state index in [1.807, 2.05) is 54.7 Å². The summed E-state index contributed by atoms with van der Waals surface area (Å²) in [4.78, 5) is 21.7. The van der Waals surface area contributed by atoms with Gasteiger partial charge in [0.15, 0.2) is 0 Å². The summed E-state index contributed by atoms with van der Waals surface area (Å²) in [6.45, 7) is 0. The zero-order chi connectivity index (χ0) is 42.8. The molecular weight excluding hydrogens is 819 g/mol. The van der Waals surface area contributed by atoms with Crippen molar-refractivity contribution in [1.82, 2.24) is 15.0 Å². The van der Waals surface area contributed by atoms with Gasteiger partial charge >= 0.3 is 0 Å². The molecule has 0 amide bonds. The first-order valence-corrected chi connectivity index (χ1v) is 22.3. The van der Waals surface area contributed by atoms with Crippen molar-refractivity contribution in [3.63, 3.8) is 0 Å². The Hall–Kier alpha value is -8.59. The number of aromatic nitrogens is 3. The van der Waals surface area contributed by atoms with Crippen molar-refractivity contribution in [2.75, 3.05) is 9.80 Å². The third kappa shape index (κ3) is 6.38. The molecule has 0 saturated heterocycles. The van der Waals surface area contributed by atoms with Crippen molar-refractivity contribution in [2.45, 2.75) is 0 Å². The van der Waals surface area contributed by atoms with Gasteiger partial charge in [-0.15, -0.1) is 0 Å². The monoisotopic (exact) mass is 853 g/mol. The lowest BCUT2D eigenvalue weighted by molar-refractivity contribution is 0.668. The fourth-order valence-corrected chi connectivity index (χ4v) is 10.0. The Labute approximate surface area is 376 Å². The first-order chi connectivity index (χ1) is 32.2. The average molecular weight is 854 g/mol. The number of hydrogen-bond donors (Lipinski definition) is 0. The van der Waals surface area contributed by atoms with Crippen molar-refractivity contribution in [1.29, 1.82) is 0 Å². The minimum atomic E-state index is 0.548. The second kappa shape index (κ2) is 15.0. The second-order valence-electron chi connectivity index (χ2n) is 16.1. The van der Waals surface area contributed by atoms with Crippen LogP contribution in [-0.2, 0) is 0 Å². The lowest BCUT2D eigenvalue weighted by Crippen LogP contribution is -2.13. The summed E-state index contributed by atoms with van der Waals surface area (Å²) in [7, 11) is 0. The van der Waals surface area contributed by atoms with E-state index >= 15 is 0 Å². The van der Waals surface area contributed by atoms with Crippen molar-refractivity contribution in [3.05, 3.63) is 212 Å². The van der Waals surface area contributed by atoms with Crippen LogP contribution in [0.3, 0.4) is 0 Å². The lowest BCUT2D eigenvalue weighted by atomic mass is 10.0. The molecule has 0 atom stereocenters. The largest absolute Gasteiger partial charge is 0.456 e. The fraction of sp³-hybridized carbons (Fsp3) is 0. The molecule has 0 aliphatic carbocycles. The molecule has 0 fully saturated rings. The van der Waals surface area contributed by atoms with Gasteiger partial charge in [0.25, 0.3) is 0 Å². The molecule has 8 heteroatoms. The van der Waals surface area contributed by atoms with Crippen LogP contribution in [-0.4, -0.2) is 15.0 Å². The van der Waals surface area contributed by atoms with Crippen molar-refractivity contribution >= 4 is 110 Å². The van der Waals surface area contributed by atoms with E-state index in [1.54, 1.807) is 11.3 Å². The number of fused-ring (bicyclic) bond motifs is 9. The Kier molecular flexibility index (Phi) is 8.57. The van der Waals surface area contributed by atoms with Crippen molar-refractivity contribution in [3.8, 4) is 22.3 Å². The molecule has 8 aromatic carbocycles. The number of furan rings is 2. The van der Waals surface area contributed by atoms with Gasteiger partial charge in [-0.05, 0) is 95.1 Å². The Morgan fingerprint density at radius 2 is 0.785 bits per heavy atom. The molecule has 13 aromatic rings. The minimum Gasteiger partial charge on any atom is -0.456 e. The number of nitrogens with zero attached hydrogens (tertiary/aromatic N) is 5. The van der Waals surface area contributed by atoms with Crippen LogP contribution >= 0.6 is 11.3 Å². The van der Waals surface area contributed by atoms with Gasteiger partial charge in [-0.3, -0.25) is 9.80 Å². The molecule has 5 heterocycles. The van der Waals surface area contributed by atoms with Crippen molar-refractivity contribution in [2.24, 2.45) is 0 Å². The highest BCUT2D eigenvalue weighted by Crippen LogP contribution is 2.43. The second-order valence-corrected chi connectivity index (χ2v) is 17.0. The molecule has 0 aliphatic rings. The minimum absolute atomic E-state index is 0.548. The predicted octanol–water partition coefficient (Wildman–Crippen LogP) is 16.3. The number of para-hydroxylation sites is 2. The third-order valence-corrected chi connectivity index (χ3v) is 13.2. The van der Waals surface area contributed by atoms with Crippen LogP contribution in [0.15, 0.2) is 221 Å². The molecule has 0 saturated carbocycles. The standard InChI is InChI=1S/C57H35N5O2S/c1-3-11-36(12-4-1)38-19-23-40(24-20-38)61(42-27-29-46-44-15-7-9-17-50(44)63-52(46)33-42)54-32-31-48-49-35-58-57(60-56(49)65-55(48)59-54)62(41-25-21-39(22-26-41)37-13-5-2-6-14-37)43-28-30-47-45-16-8-10-18-51(45)64-53(47)34-43/h1-35H. The Morgan fingerprint density at radius 1 is 0.338 bits per heavy atom. The summed E-state index contributed by atoms with van der Waals surface area (Å²) in [6, 6.07) is 71.3. The number of anilines is 6. The van der Waals surface area contributed by atoms with Gasteiger partial charge in [0, 0.05) is 62.0 Å². The summed E-state index contributed by atoms with van der Waals surface area (Å²) in [5.74, 6) is 1.32. The summed E-state index contributed by atoms with van der Waals surface area (Å²) < 4.78 is 12.8. The third-order valence-electron chi connectivity index (χ3n) is 12.2. The molecule has 0 aliphatic heterocycles. The molecule has 13 rings (SSSR count). The highest BCUT2D eigenvalue weighted by atomic mass is 32.1. The van der Waals surface area contributed by atoms with Gasteiger partial charge in [-0.1, -0.05) is 133 Å². The number of pyridine rings is 1. The van der Waals surface area contributed by atoms with Crippen LogP contribution in [0.1, 0.15) is 0 Å². The lowest BCUT2D eigenvalue weighted by Gasteiger charge is -2.24. The van der Waals surface area contributed by atoms with Gasteiger partial charge in [-0.25, -0.2) is 15.0 Å². The van der Waals surface area contributed by atoms with E-state index in [0.29, 0.717) is 5.95 Å². The van der Waals surface area contributed by atoms with Crippen molar-refractivity contribution < 1.29 is 8.83 Å². The summed E-state index contributed by atoms with van der Waals surface area (Å²) >= 11 is 1.56. The van der Waals surface area contributed by atoms with Crippen LogP contribution < -0.4 is 9.80 Å². The number of rotatable bonds is 8. The summed E-state index contributed by atoms with van der Waals surface area (Å²) in [5.41, 5.74) is 11.7. The molecule has 0 spiro atoms. The van der Waals surface area contributed by atoms with E-state index in [0.717, 1.165) is 115 Å². The van der Waals surface area contributed by atoms with Gasteiger partial charge in [-0.2, -0.15) is 0 Å². The SMILES string of the molecule is c1ccc(-c2ccc(N(c3ccc4c(c3)oc3ccccc34)c3ccc4c(n3)sc3nc(N(c5ccc(-c6ccccc6)cc5)c5ccc6c(c5)oc5ccccc56)ncc34)cc2)cc1. The van der Waals surface area contributed by atoms with E-state index in [2.05, 4.69) is 168 Å². The van der Waals surface area contributed by atoms with Gasteiger partial charge in [0.1, 0.15) is 37.8 Å². The van der Waals surface area contributed by atoms with E-state index in [-0.39, 0.29) is 0 Å². The van der Waals surface area contributed by atoms with Crippen LogP contribution in [0.5, 0.6) is 0 Å². The zero-order valence-corrected chi connectivity index (χ0v) is 35.5.